The van der Waals surface area contributed by atoms with Crippen molar-refractivity contribution in [3.05, 3.63) is 50.5 Å². The lowest BCUT2D eigenvalue weighted by atomic mass is 9.54. The van der Waals surface area contributed by atoms with Crippen molar-refractivity contribution < 1.29 is 4.92 Å². The molecule has 2 aliphatic rings. The van der Waals surface area contributed by atoms with E-state index in [4.69, 9.17) is 17.0 Å². The van der Waals surface area contributed by atoms with Crippen molar-refractivity contribution >= 4 is 23.0 Å². The summed E-state index contributed by atoms with van der Waals surface area (Å²) in [7, 11) is 1.85. The maximum Gasteiger partial charge on any atom is 0.274 e. The average molecular weight is 395 g/mol. The summed E-state index contributed by atoms with van der Waals surface area (Å²) in [5.74, 6) is -2.46. The molecule has 1 aromatic rings. The van der Waals surface area contributed by atoms with Crippen LogP contribution < -0.4 is 0 Å². The van der Waals surface area contributed by atoms with Gasteiger partial charge in [0.25, 0.3) is 5.69 Å². The molecule has 28 heavy (non-hydrogen) atoms. The number of nitro benzene ring substituents is 1. The molecule has 140 valence electrons. The molecule has 1 unspecified atom stereocenters. The van der Waals surface area contributed by atoms with Crippen LogP contribution in [0.3, 0.4) is 0 Å². The Morgan fingerprint density at radius 3 is 2.61 bits per heavy atom. The third-order valence-corrected chi connectivity index (χ3v) is 5.73. The summed E-state index contributed by atoms with van der Waals surface area (Å²) >= 11 is 5.93. The lowest BCUT2D eigenvalue weighted by Crippen LogP contribution is -2.52. The first-order chi connectivity index (χ1) is 13.3. The van der Waals surface area contributed by atoms with Crippen LogP contribution in [0.25, 0.3) is 0 Å². The van der Waals surface area contributed by atoms with E-state index in [1.54, 1.807) is 0 Å². The summed E-state index contributed by atoms with van der Waals surface area (Å²) in [4.78, 5) is 13.0. The number of hydrogen-bond donors (Lipinski definition) is 1. The van der Waals surface area contributed by atoms with Crippen LogP contribution in [0.4, 0.5) is 5.69 Å². The Morgan fingerprint density at radius 1 is 1.36 bits per heavy atom. The first-order valence-electron chi connectivity index (χ1n) is 8.44. The predicted molar refractivity (Wildman–Crippen MR) is 100 cm³/mol. The third-order valence-electron chi connectivity index (χ3n) is 5.50. The minimum Gasteiger partial charge on any atom is -0.305 e. The lowest BCUT2D eigenvalue weighted by Gasteiger charge is -2.47. The number of nitriles is 3. The molecule has 3 atom stereocenters. The zero-order chi connectivity index (χ0) is 20.6. The Labute approximate surface area is 166 Å². The van der Waals surface area contributed by atoms with Crippen molar-refractivity contribution in [2.75, 3.05) is 20.1 Å². The minimum atomic E-state index is -1.99. The van der Waals surface area contributed by atoms with Crippen LogP contribution in [-0.2, 0) is 0 Å². The van der Waals surface area contributed by atoms with Crippen molar-refractivity contribution in [3.8, 4) is 18.2 Å². The van der Waals surface area contributed by atoms with Gasteiger partial charge in [0.2, 0.25) is 0 Å². The Bertz CT molecular complexity index is 1010. The van der Waals surface area contributed by atoms with Gasteiger partial charge in [-0.15, -0.1) is 0 Å². The summed E-state index contributed by atoms with van der Waals surface area (Å²) in [5, 5.41) is 49.9. The molecule has 1 heterocycles. The second-order valence-electron chi connectivity index (χ2n) is 6.98. The number of nitrogens with zero attached hydrogens (tertiary/aromatic N) is 5. The highest BCUT2D eigenvalue weighted by molar-refractivity contribution is 6.30. The van der Waals surface area contributed by atoms with Crippen LogP contribution in [0.2, 0.25) is 5.02 Å². The van der Waals surface area contributed by atoms with E-state index >= 15 is 0 Å². The molecule has 1 aliphatic carbocycles. The van der Waals surface area contributed by atoms with Crippen LogP contribution in [0, 0.1) is 66.8 Å². The van der Waals surface area contributed by atoms with Gasteiger partial charge in [-0.2, -0.15) is 15.8 Å². The Morgan fingerprint density at radius 2 is 2.04 bits per heavy atom. The van der Waals surface area contributed by atoms with Crippen molar-refractivity contribution in [3.63, 3.8) is 0 Å². The zero-order valence-electron chi connectivity index (χ0n) is 14.9. The molecule has 0 radical (unpaired) electrons. The number of halogens is 1. The van der Waals surface area contributed by atoms with Gasteiger partial charge >= 0.3 is 0 Å². The number of benzene rings is 1. The fraction of sp³-hybridized carbons (Fsp3) is 0.368. The fourth-order valence-electron chi connectivity index (χ4n) is 4.23. The Kier molecular flexibility index (Phi) is 4.91. The van der Waals surface area contributed by atoms with E-state index < -0.39 is 28.1 Å². The Hall–Kier alpha value is -3.25. The summed E-state index contributed by atoms with van der Waals surface area (Å²) in [6.07, 6.45) is 1.82. The highest BCUT2D eigenvalue weighted by Gasteiger charge is 2.58. The van der Waals surface area contributed by atoms with Crippen LogP contribution in [0.15, 0.2) is 29.8 Å². The fourth-order valence-corrected chi connectivity index (χ4v) is 4.40. The smallest absolute Gasteiger partial charge is 0.274 e. The molecule has 0 aromatic heterocycles. The van der Waals surface area contributed by atoms with Crippen LogP contribution in [-0.4, -0.2) is 35.7 Å². The molecule has 1 fully saturated rings. The zero-order valence-corrected chi connectivity index (χ0v) is 15.6. The number of fused-ring (bicyclic) bond motifs is 1. The van der Waals surface area contributed by atoms with Gasteiger partial charge in [-0.3, -0.25) is 10.1 Å². The molecule has 3 rings (SSSR count). The molecule has 1 saturated carbocycles. The maximum absolute atomic E-state index is 11.7. The predicted octanol–water partition coefficient (Wildman–Crippen LogP) is 3.03. The first-order valence-corrected chi connectivity index (χ1v) is 8.81. The van der Waals surface area contributed by atoms with Gasteiger partial charge in [-0.05, 0) is 18.7 Å². The molecule has 0 spiro atoms. The van der Waals surface area contributed by atoms with Gasteiger partial charge in [-0.25, -0.2) is 0 Å². The molecule has 1 N–H and O–H groups in total. The van der Waals surface area contributed by atoms with E-state index in [1.807, 2.05) is 36.2 Å². The minimum absolute atomic E-state index is 0.160. The summed E-state index contributed by atoms with van der Waals surface area (Å²) < 4.78 is 0. The standard InChI is InChI=1S/C19H15ClN6O2/c1-25-5-4-12-14(7-21)18(24)19(9-22,10-23)17(15(12)8-25)13-3-2-11(20)6-16(13)26(27)28/h2-4,6,14-15,17,24H,5,8H2,1H3/t14?,15-,17+/m0/s1. The highest BCUT2D eigenvalue weighted by atomic mass is 35.5. The maximum atomic E-state index is 11.7. The number of likely N-dealkylation sites (N-methyl/N-ethyl adjacent to an activating group) is 1. The Balaban J connectivity index is 2.35. The molecular formula is C19H15ClN6O2. The highest BCUT2D eigenvalue weighted by Crippen LogP contribution is 2.55. The molecule has 0 saturated heterocycles. The van der Waals surface area contributed by atoms with Gasteiger partial charge in [0, 0.05) is 41.6 Å². The van der Waals surface area contributed by atoms with Gasteiger partial charge in [0.05, 0.1) is 28.8 Å². The topological polar surface area (TPSA) is 142 Å². The largest absolute Gasteiger partial charge is 0.305 e. The van der Waals surface area contributed by atoms with E-state index in [-0.39, 0.29) is 22.0 Å². The third kappa shape index (κ3) is 2.73. The van der Waals surface area contributed by atoms with E-state index in [0.717, 1.165) is 0 Å². The van der Waals surface area contributed by atoms with Crippen molar-refractivity contribution in [1.29, 1.82) is 21.2 Å². The number of hydrogen-bond acceptors (Lipinski definition) is 7. The van der Waals surface area contributed by atoms with Gasteiger partial charge < -0.3 is 10.3 Å². The van der Waals surface area contributed by atoms with Crippen LogP contribution in [0.1, 0.15) is 11.5 Å². The molecule has 1 aliphatic heterocycles. The molecule has 8 nitrogen and oxygen atoms in total. The molecule has 1 aromatic carbocycles. The van der Waals surface area contributed by atoms with Crippen molar-refractivity contribution in [1.82, 2.24) is 4.90 Å². The monoisotopic (exact) mass is 394 g/mol. The van der Waals surface area contributed by atoms with Crippen LogP contribution in [0.5, 0.6) is 0 Å². The van der Waals surface area contributed by atoms with Crippen molar-refractivity contribution in [2.24, 2.45) is 17.3 Å². The molecule has 0 amide bonds. The van der Waals surface area contributed by atoms with Crippen molar-refractivity contribution in [2.45, 2.75) is 5.92 Å². The summed E-state index contributed by atoms with van der Waals surface area (Å²) in [6.45, 7) is 0.964. The second kappa shape index (κ2) is 7.05. The normalized spacial score (nSPS) is 26.2. The van der Waals surface area contributed by atoms with Gasteiger partial charge in [-0.1, -0.05) is 23.7 Å². The van der Waals surface area contributed by atoms with Gasteiger partial charge in [0.1, 0.15) is 5.92 Å². The van der Waals surface area contributed by atoms with E-state index in [9.17, 15) is 25.9 Å². The van der Waals surface area contributed by atoms with E-state index in [1.165, 1.54) is 18.2 Å². The lowest BCUT2D eigenvalue weighted by molar-refractivity contribution is -0.385. The second-order valence-corrected chi connectivity index (χ2v) is 7.41. The summed E-state index contributed by atoms with van der Waals surface area (Å²) in [6, 6.07) is 9.99. The molecular weight excluding hydrogens is 380 g/mol. The molecule has 9 heteroatoms. The summed E-state index contributed by atoms with van der Waals surface area (Å²) in [5.41, 5.74) is -1.81. The molecule has 0 bridgehead atoms. The first kappa shape index (κ1) is 19.5. The average Bonchev–Trinajstić information content (AvgIpc) is 2.67. The SMILES string of the molecule is CN1CC=C2C(C#N)C(=N)C(C#N)(C#N)[C@H](c3ccc(Cl)cc3[N+](=O)[O-])[C@H]2C1. The number of rotatable bonds is 2. The van der Waals surface area contributed by atoms with E-state index in [0.29, 0.717) is 18.7 Å². The van der Waals surface area contributed by atoms with E-state index in [2.05, 4.69) is 0 Å². The number of nitrogens with one attached hydrogen (secondary N) is 1. The quantitative estimate of drug-likeness (QED) is 0.464. The van der Waals surface area contributed by atoms with Gasteiger partial charge in [0.15, 0.2) is 5.41 Å². The number of nitro groups is 1. The van der Waals surface area contributed by atoms with Crippen LogP contribution >= 0.6 is 11.6 Å².